The van der Waals surface area contributed by atoms with Crippen molar-refractivity contribution >= 4 is 95.2 Å². The first-order valence-corrected chi connectivity index (χ1v) is 74.5. The maximum atomic E-state index is 16.7. The van der Waals surface area contributed by atoms with Crippen LogP contribution in [-0.4, -0.2) is 211 Å². The Morgan fingerprint density at radius 3 is 1.33 bits per heavy atom. The Hall–Kier alpha value is -1.08. The van der Waals surface area contributed by atoms with Crippen molar-refractivity contribution in [3.8, 4) is 0 Å². The lowest BCUT2D eigenvalue weighted by atomic mass is 9.33. The highest BCUT2D eigenvalue weighted by atomic mass is 28.4. The van der Waals surface area contributed by atoms with Gasteiger partial charge in [0, 0.05) is 0 Å². The highest BCUT2D eigenvalue weighted by molar-refractivity contribution is 6.76. The predicted molar refractivity (Wildman–Crippen MR) is 553 cm³/mol. The molecule has 8 aliphatic rings. The van der Waals surface area contributed by atoms with Crippen molar-refractivity contribution in [2.45, 2.75) is 528 Å². The van der Waals surface area contributed by atoms with E-state index in [2.05, 4.69) is 231 Å². The summed E-state index contributed by atoms with van der Waals surface area (Å²) in [5, 5.41) is 12.1. The molecule has 5 aliphatic carbocycles. The summed E-state index contributed by atoms with van der Waals surface area (Å²) >= 11 is 0. The van der Waals surface area contributed by atoms with Crippen molar-refractivity contribution in [3.63, 3.8) is 0 Å². The van der Waals surface area contributed by atoms with E-state index in [0.29, 0.717) is 50.2 Å². The van der Waals surface area contributed by atoms with Gasteiger partial charge in [0.05, 0.1) is 41.9 Å². The van der Waals surface area contributed by atoms with Crippen LogP contribution in [0.15, 0.2) is 42.0 Å². The smallest absolute Gasteiger partial charge is 0.338 e. The second kappa shape index (κ2) is 47.6. The van der Waals surface area contributed by atoms with Crippen LogP contribution in [0.25, 0.3) is 0 Å². The van der Waals surface area contributed by atoms with Gasteiger partial charge in [0.1, 0.15) is 67.8 Å². The SMILES string of the molecule is CC[Si](CC)(CC)OC[C@H]1O[C@H](O[C@H]2[C@H](O[C@H]3CC[C@@]4(C)C(CC[C@]5(C)C4CC=C4C6CC(C)(C)CC[C@]6(C(=O)O)[C@H](O[Si](CC)(CC)CC)C[C@]45C)[C@]3(C)C=O)O[C@H](C(=O)OCc3ccccc3)[C@@H](O[Si](CC)(CC)CC)[C@@H]2O[C@@H]2O[C@@H](C)[C@@H](O[Si](CC)(CC)CC)[C@H](O[Si](CC)(CC)CC)[C@H]2O[Si])[C@H](O[Si](CC)(CC)CC)[C@@H](O[Si](CC)(CC)CC)[C@H]1O[Si](CC)(CC)CC. The topological polar surface area (TPSA) is 219 Å². The van der Waals surface area contributed by atoms with Crippen LogP contribution in [0.1, 0.15) is 278 Å². The van der Waals surface area contributed by atoms with Gasteiger partial charge in [0.2, 0.25) is 10.5 Å². The van der Waals surface area contributed by atoms with Gasteiger partial charge in [-0.1, -0.05) is 250 Å². The zero-order valence-electron chi connectivity index (χ0n) is 89.0. The van der Waals surface area contributed by atoms with Crippen LogP contribution in [0.4, 0.5) is 0 Å². The Morgan fingerprint density at radius 2 is 0.864 bits per heavy atom. The molecule has 132 heavy (non-hydrogen) atoms. The molecule has 1 N–H and O–H groups in total. The minimum absolute atomic E-state index is 0.0665. The highest BCUT2D eigenvalue weighted by Gasteiger charge is 2.74. The molecule has 3 radical (unpaired) electrons. The molecule has 9 rings (SSSR count). The van der Waals surface area contributed by atoms with Crippen molar-refractivity contribution in [2.75, 3.05) is 6.61 Å². The Bertz CT molecular complexity index is 3700. The first-order valence-electron chi connectivity index (χ1n) is 53.9. The molecule has 25 atom stereocenters. The van der Waals surface area contributed by atoms with Gasteiger partial charge in [0.25, 0.3) is 0 Å². The van der Waals surface area contributed by atoms with E-state index < -0.39 is 204 Å². The van der Waals surface area contributed by atoms with Gasteiger partial charge in [-0.3, -0.25) is 4.79 Å². The Balaban J connectivity index is 1.35. The molecule has 3 unspecified atom stereocenters. The highest BCUT2D eigenvalue weighted by Crippen LogP contribution is 2.77. The van der Waals surface area contributed by atoms with Crippen LogP contribution < -0.4 is 0 Å². The number of aliphatic carboxylic acids is 1. The van der Waals surface area contributed by atoms with Crippen molar-refractivity contribution in [3.05, 3.63) is 47.5 Å². The number of hydrogen-bond donors (Lipinski definition) is 1. The average molecular weight is 2000 g/mol. The number of carbonyl (C=O) groups is 3. The van der Waals surface area contributed by atoms with Gasteiger partial charge in [-0.05, 0) is 255 Å². The van der Waals surface area contributed by atoms with Gasteiger partial charge < -0.3 is 82.9 Å². The van der Waals surface area contributed by atoms with Crippen molar-refractivity contribution < 1.29 is 92.5 Å². The number of rotatable bonds is 53. The number of aldehydes is 1. The first kappa shape index (κ1) is 115. The fourth-order valence-corrected chi connectivity index (χ4v) is 50.0. The number of fused-ring (bicyclic) bond motifs is 7. The molecular formula is C103H191O20Si9. The molecule has 3 saturated heterocycles. The number of hydrogen-bond acceptors (Lipinski definition) is 19. The molecule has 1 aromatic carbocycles. The van der Waals surface area contributed by atoms with Gasteiger partial charge in [-0.2, -0.15) is 0 Å². The monoisotopic (exact) mass is 2000 g/mol. The summed E-state index contributed by atoms with van der Waals surface area (Å²) in [6.07, 6.45) is -6.85. The van der Waals surface area contributed by atoms with Gasteiger partial charge in [0.15, 0.2) is 91.5 Å². The molecule has 29 heteroatoms. The molecular weight excluding hydrogens is 1810 g/mol. The number of ether oxygens (including phenoxy) is 7. The minimum atomic E-state index is -2.98. The summed E-state index contributed by atoms with van der Waals surface area (Å²) in [6, 6.07) is 30.3. The van der Waals surface area contributed by atoms with Crippen LogP contribution in [0.3, 0.4) is 0 Å². The molecule has 20 nitrogen and oxygen atoms in total. The van der Waals surface area contributed by atoms with E-state index in [9.17, 15) is 9.90 Å². The molecule has 3 aliphatic heterocycles. The van der Waals surface area contributed by atoms with E-state index in [4.69, 9.17) is 73.0 Å². The fraction of sp³-hybridized carbons (Fsp3) is 0.893. The van der Waals surface area contributed by atoms with E-state index in [1.807, 2.05) is 30.3 Å². The van der Waals surface area contributed by atoms with Crippen LogP contribution >= 0.6 is 0 Å². The third kappa shape index (κ3) is 22.4. The fourth-order valence-electron chi connectivity index (χ4n) is 27.1. The normalized spacial score (nSPS) is 34.9. The number of carboxylic acid groups (broad SMARTS) is 1. The third-order valence-corrected chi connectivity index (χ3v) is 76.4. The number of carbonyl (C=O) groups excluding carboxylic acids is 2. The maximum absolute atomic E-state index is 16.7. The Morgan fingerprint density at radius 1 is 0.439 bits per heavy atom. The Labute approximate surface area is 815 Å². The minimum Gasteiger partial charge on any atom is -0.481 e. The molecule has 0 aromatic heterocycles. The number of esters is 1. The summed E-state index contributed by atoms with van der Waals surface area (Å²) in [4.78, 5) is 47.2. The lowest BCUT2D eigenvalue weighted by molar-refractivity contribution is -0.390. The molecule has 759 valence electrons. The molecule has 1 aromatic rings. The summed E-state index contributed by atoms with van der Waals surface area (Å²) in [5.41, 5.74) is -1.38. The summed E-state index contributed by atoms with van der Waals surface area (Å²) in [6.45, 7) is 71.0. The second-order valence-electron chi connectivity index (χ2n) is 43.8. The predicted octanol–water partition coefficient (Wildman–Crippen LogP) is 26.0. The van der Waals surface area contributed by atoms with Gasteiger partial charge in [-0.15, -0.1) is 0 Å². The zero-order valence-corrected chi connectivity index (χ0v) is 98.0. The van der Waals surface area contributed by atoms with Crippen molar-refractivity contribution in [2.24, 2.45) is 50.2 Å². The second-order valence-corrected chi connectivity index (χ2v) is 81.9. The Kier molecular flexibility index (Phi) is 41.3. The van der Waals surface area contributed by atoms with E-state index in [0.717, 1.165) is 158 Å². The van der Waals surface area contributed by atoms with Crippen LogP contribution in [0.5, 0.6) is 0 Å². The number of benzene rings is 1. The maximum Gasteiger partial charge on any atom is 0.338 e. The van der Waals surface area contributed by atoms with E-state index in [1.54, 1.807) is 0 Å². The van der Waals surface area contributed by atoms with Gasteiger partial charge in [-0.25, -0.2) is 4.79 Å². The zero-order chi connectivity index (χ0) is 97.9. The quantitative estimate of drug-likeness (QED) is 0.0211. The molecule has 0 amide bonds. The molecule has 4 saturated carbocycles. The summed E-state index contributed by atoms with van der Waals surface area (Å²) < 4.78 is 127. The van der Waals surface area contributed by atoms with E-state index in [1.165, 1.54) is 11.9 Å². The van der Waals surface area contributed by atoms with Crippen LogP contribution in [-0.2, 0) is 94.0 Å². The average Bonchev–Trinajstić information content (AvgIpc) is 0.665. The summed E-state index contributed by atoms with van der Waals surface area (Å²) in [7, 11) is -17.1. The standard InChI is InChI=1S/C103H191O20Si9/c1-32-125(33-2,34-3)109-72-78-84(119-128(41-10,42-11)43-12)87(121-130(47-16,48-17)49-18)92(123-132(53-22,54-23)55-24)96(111-78)115-90-85(113-95-91(116-124)86(120-129(44-13,45-14)46-15)83(74(25)110-95)118-127(38-7,39-8)40-9)88(122-131(50-19,51-20)52-21)89(93(105)108-71-75-59-57-56-58-60-75)114-94(90)112-81-64-65-99(28)79(100(81,29)73-104)63-66-101(30)80(99)62-61-76-77-69-98(26,27)67-68-103(77,97(106)107)82(70-102(76,101)31)117-126(35-4,36-5)37-6/h56-61,73-74,77-92,94-96H,32-55,62-72H2,1-31H3,(H,106,107)/t74-,77?,78+,79?,80?,81-,82+,83+,84-,85-,86-,87-,88-,89-,90+,91+,92+,94+,95-,96+,99-,100-,101+,102+,103+/m0/s1. The van der Waals surface area contributed by atoms with Crippen molar-refractivity contribution in [1.82, 2.24) is 0 Å². The van der Waals surface area contributed by atoms with Gasteiger partial charge >= 0.3 is 11.9 Å². The van der Waals surface area contributed by atoms with Crippen molar-refractivity contribution in [1.29, 1.82) is 0 Å². The molecule has 7 fully saturated rings. The van der Waals surface area contributed by atoms with E-state index >= 15 is 9.59 Å². The third-order valence-electron chi connectivity index (χ3n) is 39.0. The molecule has 0 bridgehead atoms. The molecule has 3 heterocycles. The lowest BCUT2D eigenvalue weighted by Crippen LogP contribution is -2.72. The molecule has 0 spiro atoms. The largest absolute Gasteiger partial charge is 0.481 e. The van der Waals surface area contributed by atoms with E-state index in [-0.39, 0.29) is 41.8 Å². The van der Waals surface area contributed by atoms with Crippen LogP contribution in [0, 0.1) is 50.2 Å². The first-order chi connectivity index (χ1) is 62.7. The lowest BCUT2D eigenvalue weighted by Gasteiger charge is -2.72. The number of carboxylic acids is 1. The van der Waals surface area contributed by atoms with Crippen LogP contribution in [0.2, 0.25) is 145 Å². The summed E-state index contributed by atoms with van der Waals surface area (Å²) in [5.74, 6) is -1.70. The number of allylic oxidation sites excluding steroid dienone is 2.